The van der Waals surface area contributed by atoms with Gasteiger partial charge >= 0.3 is 0 Å². The van der Waals surface area contributed by atoms with E-state index in [-0.39, 0.29) is 0 Å². The molecular formula is C8H5NS2. The van der Waals surface area contributed by atoms with Crippen LogP contribution in [0.4, 0.5) is 0 Å². The van der Waals surface area contributed by atoms with Gasteiger partial charge in [-0.2, -0.15) is 5.26 Å². The fraction of sp³-hybridized carbons (Fsp3) is 0.125. The lowest BCUT2D eigenvalue weighted by atomic mass is 10.3. The van der Waals surface area contributed by atoms with Gasteiger partial charge in [0.15, 0.2) is 0 Å². The molecule has 0 saturated heterocycles. The topological polar surface area (TPSA) is 23.8 Å². The average molecular weight is 179 g/mol. The molecule has 0 saturated carbocycles. The van der Waals surface area contributed by atoms with E-state index in [1.54, 1.807) is 22.7 Å². The second-order valence-electron chi connectivity index (χ2n) is 2.21. The molecule has 0 amide bonds. The molecule has 2 aromatic heterocycles. The van der Waals surface area contributed by atoms with Gasteiger partial charge < -0.3 is 0 Å². The summed E-state index contributed by atoms with van der Waals surface area (Å²) in [5.41, 5.74) is 0. The van der Waals surface area contributed by atoms with Gasteiger partial charge in [-0.1, -0.05) is 0 Å². The molecule has 2 rings (SSSR count). The second-order valence-corrected chi connectivity index (χ2v) is 4.52. The first-order chi connectivity index (χ1) is 5.40. The maximum absolute atomic E-state index is 8.44. The van der Waals surface area contributed by atoms with Gasteiger partial charge in [0.05, 0.1) is 16.5 Å². The zero-order valence-electron chi connectivity index (χ0n) is 5.70. The van der Waals surface area contributed by atoms with Crippen LogP contribution >= 0.6 is 22.7 Å². The monoisotopic (exact) mass is 179 g/mol. The molecule has 0 atom stereocenters. The predicted octanol–water partition coefficient (Wildman–Crippen LogP) is 3.03. The molecule has 1 nitrogen and oxygen atoms in total. The van der Waals surface area contributed by atoms with E-state index in [9.17, 15) is 0 Å². The van der Waals surface area contributed by atoms with E-state index in [0.717, 1.165) is 0 Å². The number of hydrogen-bond donors (Lipinski definition) is 0. The molecule has 0 unspecified atom stereocenters. The summed E-state index contributed by atoms with van der Waals surface area (Å²) in [7, 11) is 0. The summed E-state index contributed by atoms with van der Waals surface area (Å²) in [4.78, 5) is 1.18. The summed E-state index contributed by atoms with van der Waals surface area (Å²) in [6.45, 7) is 0. The van der Waals surface area contributed by atoms with Crippen molar-refractivity contribution >= 4 is 32.1 Å². The van der Waals surface area contributed by atoms with Crippen LogP contribution in [0.25, 0.3) is 9.40 Å². The van der Waals surface area contributed by atoms with Crippen LogP contribution in [-0.4, -0.2) is 0 Å². The molecule has 2 aromatic rings. The third-order valence-electron chi connectivity index (χ3n) is 1.45. The van der Waals surface area contributed by atoms with Crippen molar-refractivity contribution in [2.24, 2.45) is 0 Å². The molecule has 3 heteroatoms. The Bertz CT molecular complexity index is 376. The van der Waals surface area contributed by atoms with Crippen molar-refractivity contribution in [1.29, 1.82) is 5.26 Å². The van der Waals surface area contributed by atoms with Gasteiger partial charge in [-0.05, 0) is 17.5 Å². The average Bonchev–Trinajstić information content (AvgIpc) is 2.46. The van der Waals surface area contributed by atoms with Gasteiger partial charge in [0.1, 0.15) is 0 Å². The summed E-state index contributed by atoms with van der Waals surface area (Å²) < 4.78 is 1.33. The second kappa shape index (κ2) is 2.65. The van der Waals surface area contributed by atoms with Crippen molar-refractivity contribution in [3.05, 3.63) is 22.4 Å². The number of nitriles is 1. The van der Waals surface area contributed by atoms with Crippen molar-refractivity contribution in [2.75, 3.05) is 0 Å². The lowest BCUT2D eigenvalue weighted by Crippen LogP contribution is -1.68. The van der Waals surface area contributed by atoms with Gasteiger partial charge in [-0.15, -0.1) is 22.7 Å². The number of thiophene rings is 2. The minimum absolute atomic E-state index is 0.548. The fourth-order valence-electron chi connectivity index (χ4n) is 0.982. The molecule has 0 bridgehead atoms. The molecule has 2 heterocycles. The summed E-state index contributed by atoms with van der Waals surface area (Å²) in [5, 5.41) is 11.8. The molecule has 54 valence electrons. The lowest BCUT2D eigenvalue weighted by Gasteiger charge is -1.78. The lowest BCUT2D eigenvalue weighted by molar-refractivity contribution is 1.32. The van der Waals surface area contributed by atoms with E-state index in [1.807, 2.05) is 0 Å². The van der Waals surface area contributed by atoms with Crippen LogP contribution in [0.5, 0.6) is 0 Å². The van der Waals surface area contributed by atoms with E-state index in [2.05, 4.69) is 23.6 Å². The summed E-state index contributed by atoms with van der Waals surface area (Å²) in [6, 6.07) is 6.34. The zero-order chi connectivity index (χ0) is 7.68. The third kappa shape index (κ3) is 1.15. The molecule has 0 aromatic carbocycles. The van der Waals surface area contributed by atoms with Crippen molar-refractivity contribution in [3.63, 3.8) is 0 Å². The van der Waals surface area contributed by atoms with Crippen LogP contribution in [0.15, 0.2) is 17.5 Å². The SMILES string of the molecule is N#CCc1cc2ccsc2s1. The zero-order valence-corrected chi connectivity index (χ0v) is 7.34. The highest BCUT2D eigenvalue weighted by molar-refractivity contribution is 7.37. The molecule has 0 radical (unpaired) electrons. The third-order valence-corrected chi connectivity index (χ3v) is 3.66. The summed E-state index contributed by atoms with van der Waals surface area (Å²) in [6.07, 6.45) is 0.548. The molecule has 0 fully saturated rings. The number of rotatable bonds is 1. The van der Waals surface area contributed by atoms with Gasteiger partial charge in [-0.25, -0.2) is 0 Å². The largest absolute Gasteiger partial charge is 0.198 e. The Labute approximate surface area is 72.5 Å². The van der Waals surface area contributed by atoms with Crippen LogP contribution in [0.3, 0.4) is 0 Å². The van der Waals surface area contributed by atoms with E-state index in [0.29, 0.717) is 6.42 Å². The Kier molecular flexibility index (Phi) is 1.65. The highest BCUT2D eigenvalue weighted by Crippen LogP contribution is 2.30. The number of fused-ring (bicyclic) bond motifs is 1. The Hall–Kier alpha value is -0.850. The first-order valence-electron chi connectivity index (χ1n) is 3.23. The number of hydrogen-bond acceptors (Lipinski definition) is 3. The van der Waals surface area contributed by atoms with Gasteiger partial charge in [0.25, 0.3) is 0 Å². The van der Waals surface area contributed by atoms with Crippen molar-refractivity contribution in [2.45, 2.75) is 6.42 Å². The predicted molar refractivity (Wildman–Crippen MR) is 49.0 cm³/mol. The van der Waals surface area contributed by atoms with Gasteiger partial charge in [0, 0.05) is 10.3 Å². The molecule has 0 aliphatic rings. The van der Waals surface area contributed by atoms with Gasteiger partial charge in [-0.3, -0.25) is 0 Å². The Balaban J connectivity index is 2.52. The minimum Gasteiger partial charge on any atom is -0.198 e. The molecular weight excluding hydrogens is 174 g/mol. The van der Waals surface area contributed by atoms with Crippen LogP contribution in [0.2, 0.25) is 0 Å². The van der Waals surface area contributed by atoms with Crippen molar-refractivity contribution in [1.82, 2.24) is 0 Å². The molecule has 0 N–H and O–H groups in total. The number of nitrogens with zero attached hydrogens (tertiary/aromatic N) is 1. The fourth-order valence-corrected chi connectivity index (χ4v) is 3.07. The molecule has 0 aliphatic carbocycles. The van der Waals surface area contributed by atoms with Crippen LogP contribution in [0.1, 0.15) is 4.88 Å². The Morgan fingerprint density at radius 1 is 1.55 bits per heavy atom. The van der Waals surface area contributed by atoms with Crippen molar-refractivity contribution < 1.29 is 0 Å². The Morgan fingerprint density at radius 2 is 2.45 bits per heavy atom. The van der Waals surface area contributed by atoms with E-state index < -0.39 is 0 Å². The van der Waals surface area contributed by atoms with E-state index in [4.69, 9.17) is 5.26 Å². The molecule has 0 spiro atoms. The first kappa shape index (κ1) is 6.84. The van der Waals surface area contributed by atoms with Gasteiger partial charge in [0.2, 0.25) is 0 Å². The van der Waals surface area contributed by atoms with Crippen LogP contribution in [-0.2, 0) is 6.42 Å². The van der Waals surface area contributed by atoms with Crippen LogP contribution < -0.4 is 0 Å². The molecule has 11 heavy (non-hydrogen) atoms. The normalized spacial score (nSPS) is 10.1. The van der Waals surface area contributed by atoms with Crippen molar-refractivity contribution in [3.8, 4) is 6.07 Å². The quantitative estimate of drug-likeness (QED) is 0.660. The summed E-state index contributed by atoms with van der Waals surface area (Å²) >= 11 is 3.47. The van der Waals surface area contributed by atoms with Crippen LogP contribution in [0, 0.1) is 11.3 Å². The summed E-state index contributed by atoms with van der Waals surface area (Å²) in [5.74, 6) is 0. The molecule has 0 aliphatic heterocycles. The highest BCUT2D eigenvalue weighted by atomic mass is 32.2. The van der Waals surface area contributed by atoms with E-state index >= 15 is 0 Å². The standard InChI is InChI=1S/C8H5NS2/c9-3-1-7-5-6-2-4-10-8(6)11-7/h2,4-5H,1H2. The highest BCUT2D eigenvalue weighted by Gasteiger charge is 2.00. The van der Waals surface area contributed by atoms with E-state index in [1.165, 1.54) is 14.3 Å². The Morgan fingerprint density at radius 3 is 3.18 bits per heavy atom. The minimum atomic E-state index is 0.548. The first-order valence-corrected chi connectivity index (χ1v) is 4.92. The maximum atomic E-state index is 8.44. The maximum Gasteiger partial charge on any atom is 0.0868 e. The smallest absolute Gasteiger partial charge is 0.0868 e.